The highest BCUT2D eigenvalue weighted by Crippen LogP contribution is 2.33. The minimum Gasteiger partial charge on any atom is -0.374 e. The van der Waals surface area contributed by atoms with Crippen molar-refractivity contribution in [3.8, 4) is 0 Å². The Kier molecular flexibility index (Phi) is 5.39. The second-order valence-corrected chi connectivity index (χ2v) is 6.76. The van der Waals surface area contributed by atoms with Crippen LogP contribution in [0.25, 0.3) is 0 Å². The molecule has 1 aromatic rings. The normalized spacial score (nSPS) is 25.1. The molecule has 0 radical (unpaired) electrons. The Labute approximate surface area is 121 Å². The predicted molar refractivity (Wildman–Crippen MR) is 81.9 cm³/mol. The smallest absolute Gasteiger partial charge is 0.0904 e. The lowest BCUT2D eigenvalue weighted by Crippen LogP contribution is -2.48. The second kappa shape index (κ2) is 6.84. The number of likely N-dealkylation sites (N-methyl/N-ethyl adjacent to an activating group) is 1. The van der Waals surface area contributed by atoms with Crippen LogP contribution >= 0.6 is 11.3 Å². The molecule has 1 N–H and O–H groups in total. The van der Waals surface area contributed by atoms with E-state index in [1.54, 1.807) is 0 Å². The van der Waals surface area contributed by atoms with Crippen LogP contribution in [0.4, 0.5) is 0 Å². The van der Waals surface area contributed by atoms with Gasteiger partial charge in [-0.15, -0.1) is 11.3 Å². The van der Waals surface area contributed by atoms with Crippen molar-refractivity contribution in [2.75, 3.05) is 26.7 Å². The lowest BCUT2D eigenvalue weighted by Gasteiger charge is -2.39. The number of thiophene rings is 1. The first-order valence-corrected chi connectivity index (χ1v) is 8.07. The Morgan fingerprint density at radius 2 is 2.26 bits per heavy atom. The van der Waals surface area contributed by atoms with Gasteiger partial charge in [-0.25, -0.2) is 0 Å². The van der Waals surface area contributed by atoms with E-state index >= 15 is 0 Å². The van der Waals surface area contributed by atoms with Crippen molar-refractivity contribution in [3.05, 3.63) is 21.9 Å². The van der Waals surface area contributed by atoms with Gasteiger partial charge in [0.15, 0.2) is 0 Å². The summed E-state index contributed by atoms with van der Waals surface area (Å²) in [6, 6.07) is 5.44. The molecular formula is C15H26N2OS. The summed E-state index contributed by atoms with van der Waals surface area (Å²) in [7, 11) is 2.21. The molecule has 0 bridgehead atoms. The lowest BCUT2D eigenvalue weighted by atomic mass is 10.1. The van der Waals surface area contributed by atoms with E-state index in [9.17, 15) is 0 Å². The summed E-state index contributed by atoms with van der Waals surface area (Å²) in [6.45, 7) is 9.36. The van der Waals surface area contributed by atoms with Gasteiger partial charge in [-0.2, -0.15) is 0 Å². The average Bonchev–Trinajstić information content (AvgIpc) is 2.84. The fourth-order valence-electron chi connectivity index (χ4n) is 2.53. The highest BCUT2D eigenvalue weighted by atomic mass is 32.1. The van der Waals surface area contributed by atoms with Crippen molar-refractivity contribution in [3.63, 3.8) is 0 Å². The van der Waals surface area contributed by atoms with Gasteiger partial charge in [0.05, 0.1) is 18.8 Å². The van der Waals surface area contributed by atoms with Crippen LogP contribution in [0.15, 0.2) is 12.1 Å². The van der Waals surface area contributed by atoms with Crippen molar-refractivity contribution in [1.29, 1.82) is 0 Å². The van der Waals surface area contributed by atoms with E-state index in [1.165, 1.54) is 9.75 Å². The fraction of sp³-hybridized carbons (Fsp3) is 0.733. The molecule has 1 fully saturated rings. The van der Waals surface area contributed by atoms with Crippen LogP contribution in [-0.2, 0) is 11.2 Å². The van der Waals surface area contributed by atoms with Crippen LogP contribution in [0.5, 0.6) is 0 Å². The molecule has 2 rings (SSSR count). The standard InChI is InChI=1S/C15H26N2OS/c1-5-12-6-7-14(19-12)15-13(10-16-11(2)3)18-9-8-17(15)4/h6-7,11,13,15-16H,5,8-10H2,1-4H3. The maximum Gasteiger partial charge on any atom is 0.0904 e. The van der Waals surface area contributed by atoms with Crippen molar-refractivity contribution >= 4 is 11.3 Å². The molecule has 1 aliphatic heterocycles. The van der Waals surface area contributed by atoms with Crippen molar-refractivity contribution in [2.45, 2.75) is 45.4 Å². The molecule has 2 atom stereocenters. The number of nitrogens with one attached hydrogen (secondary N) is 1. The number of hydrogen-bond acceptors (Lipinski definition) is 4. The third-order valence-electron chi connectivity index (χ3n) is 3.65. The zero-order valence-corrected chi connectivity index (χ0v) is 13.3. The Bertz CT molecular complexity index is 391. The van der Waals surface area contributed by atoms with Crippen LogP contribution in [0.2, 0.25) is 0 Å². The van der Waals surface area contributed by atoms with Crippen LogP contribution in [-0.4, -0.2) is 43.8 Å². The molecule has 0 aliphatic carbocycles. The Morgan fingerprint density at radius 1 is 1.47 bits per heavy atom. The van der Waals surface area contributed by atoms with E-state index in [-0.39, 0.29) is 6.10 Å². The molecule has 1 aromatic heterocycles. The highest BCUT2D eigenvalue weighted by molar-refractivity contribution is 7.12. The van der Waals surface area contributed by atoms with E-state index in [4.69, 9.17) is 4.74 Å². The van der Waals surface area contributed by atoms with Gasteiger partial charge in [0.25, 0.3) is 0 Å². The number of aryl methyl sites for hydroxylation is 1. The van der Waals surface area contributed by atoms with Crippen LogP contribution < -0.4 is 5.32 Å². The number of nitrogens with zero attached hydrogens (tertiary/aromatic N) is 1. The second-order valence-electron chi connectivity index (χ2n) is 5.56. The van der Waals surface area contributed by atoms with E-state index in [0.29, 0.717) is 12.1 Å². The first-order chi connectivity index (χ1) is 9.11. The molecule has 0 aromatic carbocycles. The summed E-state index contributed by atoms with van der Waals surface area (Å²) in [5.74, 6) is 0. The highest BCUT2D eigenvalue weighted by Gasteiger charge is 2.32. The molecule has 2 heterocycles. The first kappa shape index (κ1) is 15.0. The summed E-state index contributed by atoms with van der Waals surface area (Å²) >= 11 is 1.93. The Balaban J connectivity index is 2.11. The summed E-state index contributed by atoms with van der Waals surface area (Å²) < 4.78 is 6.01. The summed E-state index contributed by atoms with van der Waals surface area (Å²) in [5, 5.41) is 3.51. The van der Waals surface area contributed by atoms with Crippen LogP contribution in [0, 0.1) is 0 Å². The maximum absolute atomic E-state index is 6.01. The average molecular weight is 282 g/mol. The van der Waals surface area contributed by atoms with E-state index < -0.39 is 0 Å². The molecule has 1 saturated heterocycles. The number of ether oxygens (including phenoxy) is 1. The minimum absolute atomic E-state index is 0.254. The third-order valence-corrected chi connectivity index (χ3v) is 4.95. The van der Waals surface area contributed by atoms with Gasteiger partial charge < -0.3 is 10.1 Å². The molecule has 0 saturated carbocycles. The largest absolute Gasteiger partial charge is 0.374 e. The molecule has 4 heteroatoms. The number of rotatable bonds is 5. The van der Waals surface area contributed by atoms with Gasteiger partial charge >= 0.3 is 0 Å². The molecule has 19 heavy (non-hydrogen) atoms. The molecule has 108 valence electrons. The SMILES string of the molecule is CCc1ccc(C2C(CNC(C)C)OCCN2C)s1. The van der Waals surface area contributed by atoms with Crippen molar-refractivity contribution in [2.24, 2.45) is 0 Å². The molecule has 1 aliphatic rings. The molecule has 2 unspecified atom stereocenters. The van der Waals surface area contributed by atoms with Gasteiger partial charge in [-0.3, -0.25) is 4.90 Å². The van der Waals surface area contributed by atoms with Gasteiger partial charge in [0.1, 0.15) is 0 Å². The van der Waals surface area contributed by atoms with Crippen LogP contribution in [0.1, 0.15) is 36.6 Å². The van der Waals surface area contributed by atoms with Gasteiger partial charge in [0, 0.05) is 28.9 Å². The summed E-state index contributed by atoms with van der Waals surface area (Å²) in [4.78, 5) is 5.33. The number of morpholine rings is 1. The quantitative estimate of drug-likeness (QED) is 0.898. The van der Waals surface area contributed by atoms with E-state index in [0.717, 1.165) is 26.1 Å². The Morgan fingerprint density at radius 3 is 2.89 bits per heavy atom. The molecule has 3 nitrogen and oxygen atoms in total. The van der Waals surface area contributed by atoms with Crippen molar-refractivity contribution in [1.82, 2.24) is 10.2 Å². The number of hydrogen-bond donors (Lipinski definition) is 1. The van der Waals surface area contributed by atoms with E-state index in [2.05, 4.69) is 50.2 Å². The van der Waals surface area contributed by atoms with Gasteiger partial charge in [0.2, 0.25) is 0 Å². The molecule has 0 amide bonds. The Hall–Kier alpha value is -0.420. The zero-order valence-electron chi connectivity index (χ0n) is 12.5. The van der Waals surface area contributed by atoms with E-state index in [1.807, 2.05) is 11.3 Å². The lowest BCUT2D eigenvalue weighted by molar-refractivity contribution is -0.0608. The minimum atomic E-state index is 0.254. The molecule has 0 spiro atoms. The summed E-state index contributed by atoms with van der Waals surface area (Å²) in [6.07, 6.45) is 1.38. The predicted octanol–water partition coefficient (Wildman–Crippen LogP) is 2.68. The summed E-state index contributed by atoms with van der Waals surface area (Å²) in [5.41, 5.74) is 0. The van der Waals surface area contributed by atoms with Gasteiger partial charge in [-0.05, 0) is 25.6 Å². The van der Waals surface area contributed by atoms with Gasteiger partial charge in [-0.1, -0.05) is 20.8 Å². The topological polar surface area (TPSA) is 24.5 Å². The maximum atomic E-state index is 6.01. The fourth-order valence-corrected chi connectivity index (χ4v) is 3.70. The van der Waals surface area contributed by atoms with Crippen LogP contribution in [0.3, 0.4) is 0 Å². The monoisotopic (exact) mass is 282 g/mol. The van der Waals surface area contributed by atoms with Crippen molar-refractivity contribution < 1.29 is 4.74 Å². The molecular weight excluding hydrogens is 256 g/mol. The zero-order chi connectivity index (χ0) is 13.8. The first-order valence-electron chi connectivity index (χ1n) is 7.25. The third kappa shape index (κ3) is 3.78.